The van der Waals surface area contributed by atoms with Gasteiger partial charge in [-0.1, -0.05) is 43.7 Å². The largest absolute Gasteiger partial charge is 0.379 e. The Labute approximate surface area is 126 Å². The van der Waals surface area contributed by atoms with Gasteiger partial charge in [-0.05, 0) is 24.8 Å². The molecule has 2 aliphatic rings. The van der Waals surface area contributed by atoms with Crippen LogP contribution in [0.5, 0.6) is 0 Å². The van der Waals surface area contributed by atoms with Gasteiger partial charge in [-0.15, -0.1) is 0 Å². The maximum Gasteiger partial charge on any atom is 0.241 e. The molecule has 114 valence electrons. The van der Waals surface area contributed by atoms with Gasteiger partial charge in [-0.3, -0.25) is 10.1 Å². The van der Waals surface area contributed by atoms with Crippen molar-refractivity contribution in [3.63, 3.8) is 0 Å². The van der Waals surface area contributed by atoms with Gasteiger partial charge in [-0.25, -0.2) is 0 Å². The zero-order valence-electron chi connectivity index (χ0n) is 12.6. The van der Waals surface area contributed by atoms with Crippen molar-refractivity contribution < 1.29 is 9.53 Å². The Balaban J connectivity index is 1.85. The molecular formula is C17H24N2O2. The highest BCUT2D eigenvalue weighted by Crippen LogP contribution is 2.31. The lowest BCUT2D eigenvalue weighted by Gasteiger charge is -2.35. The van der Waals surface area contributed by atoms with Gasteiger partial charge in [0.25, 0.3) is 0 Å². The van der Waals surface area contributed by atoms with E-state index in [1.165, 1.54) is 0 Å². The van der Waals surface area contributed by atoms with E-state index in [-0.39, 0.29) is 24.2 Å². The van der Waals surface area contributed by atoms with Gasteiger partial charge in [0.05, 0.1) is 18.7 Å². The lowest BCUT2D eigenvalue weighted by molar-refractivity contribution is -0.135. The molecule has 4 nitrogen and oxygen atoms in total. The summed E-state index contributed by atoms with van der Waals surface area (Å²) in [5.74, 6) is 0.237. The summed E-state index contributed by atoms with van der Waals surface area (Å²) in [6.45, 7) is 3.61. The highest BCUT2D eigenvalue weighted by atomic mass is 16.5. The van der Waals surface area contributed by atoms with Gasteiger partial charge in [-0.2, -0.15) is 0 Å². The summed E-state index contributed by atoms with van der Waals surface area (Å²) < 4.78 is 5.60. The first-order chi connectivity index (χ1) is 10.3. The van der Waals surface area contributed by atoms with E-state index in [9.17, 15) is 4.79 Å². The van der Waals surface area contributed by atoms with Crippen molar-refractivity contribution in [2.75, 3.05) is 13.2 Å². The summed E-state index contributed by atoms with van der Waals surface area (Å²) >= 11 is 0. The minimum atomic E-state index is -0.0536. The molecule has 0 aliphatic carbocycles. The van der Waals surface area contributed by atoms with Crippen LogP contribution in [0.15, 0.2) is 30.3 Å². The first-order valence-corrected chi connectivity index (χ1v) is 8.02. The van der Waals surface area contributed by atoms with Crippen molar-refractivity contribution in [3.05, 3.63) is 35.9 Å². The van der Waals surface area contributed by atoms with Crippen molar-refractivity contribution in [1.29, 1.82) is 0 Å². The Hall–Kier alpha value is -1.39. The second-order valence-corrected chi connectivity index (χ2v) is 5.94. The fourth-order valence-electron chi connectivity index (χ4n) is 3.37. The first kappa shape index (κ1) is 14.5. The highest BCUT2D eigenvalue weighted by molar-refractivity contribution is 5.85. The van der Waals surface area contributed by atoms with Crippen LogP contribution in [0.2, 0.25) is 0 Å². The number of carbonyl (C=O) groups excluding carboxylic acids is 1. The lowest BCUT2D eigenvalue weighted by Crippen LogP contribution is -2.44. The Morgan fingerprint density at radius 3 is 2.81 bits per heavy atom. The van der Waals surface area contributed by atoms with Gasteiger partial charge in [0.2, 0.25) is 5.91 Å². The molecule has 1 N–H and O–H groups in total. The Kier molecular flexibility index (Phi) is 4.56. The molecule has 3 unspecified atom stereocenters. The fraction of sp³-hybridized carbons (Fsp3) is 0.588. The minimum absolute atomic E-state index is 0.0121. The summed E-state index contributed by atoms with van der Waals surface area (Å²) in [4.78, 5) is 14.8. The summed E-state index contributed by atoms with van der Waals surface area (Å²) in [6.07, 6.45) is 3.97. The van der Waals surface area contributed by atoms with Gasteiger partial charge in [0.1, 0.15) is 6.17 Å². The molecule has 1 amide bonds. The van der Waals surface area contributed by atoms with E-state index in [2.05, 4.69) is 24.4 Å². The van der Waals surface area contributed by atoms with E-state index in [1.54, 1.807) is 0 Å². The van der Waals surface area contributed by atoms with Crippen LogP contribution in [0.1, 0.15) is 44.3 Å². The molecule has 0 aromatic heterocycles. The van der Waals surface area contributed by atoms with Gasteiger partial charge in [0.15, 0.2) is 0 Å². The number of hydrogen-bond donors (Lipinski definition) is 1. The molecule has 0 bridgehead atoms. The standard InChI is InChI=1S/C17H24N2O2/c1-2-7-15-17(20)19(14-10-6-11-21-12-14)16(18-15)13-8-4-3-5-9-13/h3-5,8-9,14-16,18H,2,6-7,10-12H2,1H3. The summed E-state index contributed by atoms with van der Waals surface area (Å²) in [7, 11) is 0. The molecule has 3 atom stereocenters. The number of rotatable bonds is 4. The van der Waals surface area contributed by atoms with E-state index in [1.807, 2.05) is 23.1 Å². The predicted octanol–water partition coefficient (Wildman–Crippen LogP) is 2.46. The zero-order chi connectivity index (χ0) is 14.7. The number of nitrogens with one attached hydrogen (secondary N) is 1. The second-order valence-electron chi connectivity index (χ2n) is 5.94. The average Bonchev–Trinajstić information content (AvgIpc) is 2.86. The van der Waals surface area contributed by atoms with Gasteiger partial charge < -0.3 is 9.64 Å². The number of hydrogen-bond acceptors (Lipinski definition) is 3. The normalized spacial score (nSPS) is 29.9. The highest BCUT2D eigenvalue weighted by Gasteiger charge is 2.42. The van der Waals surface area contributed by atoms with Crippen LogP contribution in [0.3, 0.4) is 0 Å². The van der Waals surface area contributed by atoms with E-state index >= 15 is 0 Å². The average molecular weight is 288 g/mol. The molecule has 2 fully saturated rings. The molecule has 2 heterocycles. The van der Waals surface area contributed by atoms with Crippen molar-refractivity contribution in [2.24, 2.45) is 0 Å². The zero-order valence-corrected chi connectivity index (χ0v) is 12.6. The Morgan fingerprint density at radius 2 is 2.14 bits per heavy atom. The van der Waals surface area contributed by atoms with E-state index in [4.69, 9.17) is 4.74 Å². The Morgan fingerprint density at radius 1 is 1.33 bits per heavy atom. The lowest BCUT2D eigenvalue weighted by atomic mass is 10.1. The van der Waals surface area contributed by atoms with E-state index < -0.39 is 0 Å². The molecule has 0 spiro atoms. The van der Waals surface area contributed by atoms with Crippen molar-refractivity contribution in [3.8, 4) is 0 Å². The second kappa shape index (κ2) is 6.58. The van der Waals surface area contributed by atoms with Crippen LogP contribution in [-0.4, -0.2) is 36.1 Å². The third-order valence-corrected chi connectivity index (χ3v) is 4.41. The van der Waals surface area contributed by atoms with Crippen molar-refractivity contribution >= 4 is 5.91 Å². The SMILES string of the molecule is CCCC1NC(c2ccccc2)N(C2CCCOC2)C1=O. The molecule has 0 saturated carbocycles. The molecular weight excluding hydrogens is 264 g/mol. The number of ether oxygens (including phenoxy) is 1. The molecule has 0 radical (unpaired) electrons. The monoisotopic (exact) mass is 288 g/mol. The summed E-state index contributed by atoms with van der Waals surface area (Å²) in [5.41, 5.74) is 1.16. The third kappa shape index (κ3) is 2.97. The smallest absolute Gasteiger partial charge is 0.241 e. The maximum absolute atomic E-state index is 12.8. The van der Waals surface area contributed by atoms with Crippen molar-refractivity contribution in [1.82, 2.24) is 10.2 Å². The van der Waals surface area contributed by atoms with Gasteiger partial charge in [0, 0.05) is 6.61 Å². The quantitative estimate of drug-likeness (QED) is 0.925. The van der Waals surface area contributed by atoms with Crippen LogP contribution < -0.4 is 5.32 Å². The number of carbonyl (C=O) groups is 1. The van der Waals surface area contributed by atoms with E-state index in [0.29, 0.717) is 6.61 Å². The third-order valence-electron chi connectivity index (χ3n) is 4.41. The molecule has 1 aromatic carbocycles. The molecule has 1 aromatic rings. The van der Waals surface area contributed by atoms with Crippen LogP contribution in [0.25, 0.3) is 0 Å². The Bertz CT molecular complexity index is 471. The number of nitrogens with zero attached hydrogens (tertiary/aromatic N) is 1. The van der Waals surface area contributed by atoms with Crippen LogP contribution in [0, 0.1) is 0 Å². The first-order valence-electron chi connectivity index (χ1n) is 8.02. The molecule has 3 rings (SSSR count). The molecule has 21 heavy (non-hydrogen) atoms. The topological polar surface area (TPSA) is 41.6 Å². The van der Waals surface area contributed by atoms with Crippen LogP contribution >= 0.6 is 0 Å². The van der Waals surface area contributed by atoms with Crippen molar-refractivity contribution in [2.45, 2.75) is 50.9 Å². The van der Waals surface area contributed by atoms with Crippen LogP contribution in [-0.2, 0) is 9.53 Å². The van der Waals surface area contributed by atoms with Crippen LogP contribution in [0.4, 0.5) is 0 Å². The maximum atomic E-state index is 12.8. The summed E-state index contributed by atoms with van der Waals surface area (Å²) in [5, 5.41) is 3.53. The van der Waals surface area contributed by atoms with Gasteiger partial charge >= 0.3 is 0 Å². The molecule has 2 aliphatic heterocycles. The molecule has 2 saturated heterocycles. The summed E-state index contributed by atoms with van der Waals surface area (Å²) in [6, 6.07) is 10.4. The minimum Gasteiger partial charge on any atom is -0.379 e. The van der Waals surface area contributed by atoms with E-state index in [0.717, 1.165) is 37.9 Å². The predicted molar refractivity (Wildman–Crippen MR) is 81.7 cm³/mol. The molecule has 4 heteroatoms. The fourth-order valence-corrected chi connectivity index (χ4v) is 3.37. The number of benzene rings is 1. The number of amides is 1.